The highest BCUT2D eigenvalue weighted by atomic mass is 35.5. The van der Waals surface area contributed by atoms with Crippen LogP contribution in [0.2, 0.25) is 0 Å². The van der Waals surface area contributed by atoms with Crippen LogP contribution in [0, 0.1) is 0 Å². The molecule has 0 spiro atoms. The van der Waals surface area contributed by atoms with Gasteiger partial charge in [-0.25, -0.2) is 0 Å². The first-order valence-electron chi connectivity index (χ1n) is 7.88. The maximum absolute atomic E-state index is 12.6. The Morgan fingerprint density at radius 2 is 2.38 bits per heavy atom. The highest BCUT2D eigenvalue weighted by Gasteiger charge is 2.30. The number of hydrogen-bond donors (Lipinski definition) is 1. The second-order valence-electron chi connectivity index (χ2n) is 5.89. The first kappa shape index (κ1) is 16.8. The highest BCUT2D eigenvalue weighted by Crippen LogP contribution is 2.35. The minimum Gasteiger partial charge on any atom is -0.335 e. The molecule has 5 heteroatoms. The molecule has 118 valence electrons. The van der Waals surface area contributed by atoms with E-state index in [0.717, 1.165) is 32.4 Å². The first-order chi connectivity index (χ1) is 9.79. The summed E-state index contributed by atoms with van der Waals surface area (Å²) < 4.78 is 0. The summed E-state index contributed by atoms with van der Waals surface area (Å²) in [5, 5.41) is 5.65. The van der Waals surface area contributed by atoms with E-state index >= 15 is 0 Å². The number of rotatable bonds is 4. The van der Waals surface area contributed by atoms with Crippen molar-refractivity contribution in [1.82, 2.24) is 10.2 Å². The van der Waals surface area contributed by atoms with Crippen molar-refractivity contribution in [2.45, 2.75) is 57.5 Å². The molecule has 3 heterocycles. The molecule has 1 aromatic heterocycles. The van der Waals surface area contributed by atoms with Crippen molar-refractivity contribution in [3.8, 4) is 0 Å². The van der Waals surface area contributed by atoms with E-state index in [2.05, 4.69) is 28.6 Å². The fourth-order valence-electron chi connectivity index (χ4n) is 3.58. The van der Waals surface area contributed by atoms with Gasteiger partial charge in [0, 0.05) is 23.9 Å². The fourth-order valence-corrected chi connectivity index (χ4v) is 4.51. The third-order valence-electron chi connectivity index (χ3n) is 4.67. The molecule has 1 N–H and O–H groups in total. The molecule has 2 atom stereocenters. The Hall–Kier alpha value is -0.580. The summed E-state index contributed by atoms with van der Waals surface area (Å²) in [5.74, 6) is 0.349. The van der Waals surface area contributed by atoms with Crippen molar-refractivity contribution >= 4 is 29.7 Å². The summed E-state index contributed by atoms with van der Waals surface area (Å²) in [6.45, 7) is 4.22. The van der Waals surface area contributed by atoms with Gasteiger partial charge in [-0.05, 0) is 55.7 Å². The largest absolute Gasteiger partial charge is 0.335 e. The van der Waals surface area contributed by atoms with Crippen molar-refractivity contribution in [1.29, 1.82) is 0 Å². The minimum absolute atomic E-state index is 0. The van der Waals surface area contributed by atoms with Crippen LogP contribution in [-0.4, -0.2) is 29.9 Å². The van der Waals surface area contributed by atoms with Crippen LogP contribution in [0.5, 0.6) is 0 Å². The lowest BCUT2D eigenvalue weighted by Crippen LogP contribution is -2.39. The first-order valence-corrected chi connectivity index (χ1v) is 8.76. The van der Waals surface area contributed by atoms with Crippen molar-refractivity contribution in [2.75, 3.05) is 13.1 Å². The second-order valence-corrected chi connectivity index (χ2v) is 6.89. The smallest absolute Gasteiger partial charge is 0.223 e. The Morgan fingerprint density at radius 3 is 3.10 bits per heavy atom. The Morgan fingerprint density at radius 1 is 1.52 bits per heavy atom. The number of carbonyl (C=O) groups excluding carboxylic acids is 1. The van der Waals surface area contributed by atoms with Gasteiger partial charge in [0.2, 0.25) is 5.91 Å². The molecule has 0 bridgehead atoms. The van der Waals surface area contributed by atoms with E-state index in [1.54, 1.807) is 0 Å². The molecule has 2 aliphatic heterocycles. The predicted molar refractivity (Wildman–Crippen MR) is 90.3 cm³/mol. The van der Waals surface area contributed by atoms with Gasteiger partial charge in [-0.1, -0.05) is 6.92 Å². The molecule has 0 aliphatic carbocycles. The van der Waals surface area contributed by atoms with E-state index in [1.165, 1.54) is 23.3 Å². The Labute approximate surface area is 137 Å². The van der Waals surface area contributed by atoms with Gasteiger partial charge in [0.05, 0.1) is 6.04 Å². The fraction of sp³-hybridized carbons (Fsp3) is 0.688. The Bertz CT molecular complexity index is 471. The molecule has 21 heavy (non-hydrogen) atoms. The van der Waals surface area contributed by atoms with Crippen LogP contribution >= 0.6 is 23.7 Å². The van der Waals surface area contributed by atoms with Crippen LogP contribution in [0.4, 0.5) is 0 Å². The van der Waals surface area contributed by atoms with Gasteiger partial charge >= 0.3 is 0 Å². The molecule has 3 nitrogen and oxygen atoms in total. The monoisotopic (exact) mass is 328 g/mol. The molecule has 1 aromatic rings. The lowest BCUT2D eigenvalue weighted by Gasteiger charge is -2.35. The summed E-state index contributed by atoms with van der Waals surface area (Å²) in [7, 11) is 0. The summed E-state index contributed by atoms with van der Waals surface area (Å²) >= 11 is 1.84. The van der Waals surface area contributed by atoms with Crippen LogP contribution in [0.1, 0.15) is 55.5 Å². The SMILES string of the molecule is CCC1c2ccsc2CCN1C(=O)CCC1CCCN1.Cl. The van der Waals surface area contributed by atoms with Gasteiger partial charge in [0.15, 0.2) is 0 Å². The van der Waals surface area contributed by atoms with E-state index in [9.17, 15) is 4.79 Å². The van der Waals surface area contributed by atoms with E-state index < -0.39 is 0 Å². The number of halogens is 1. The zero-order valence-electron chi connectivity index (χ0n) is 12.6. The van der Waals surface area contributed by atoms with E-state index in [0.29, 0.717) is 24.4 Å². The molecule has 1 amide bonds. The molecule has 0 aromatic carbocycles. The van der Waals surface area contributed by atoms with Gasteiger partial charge in [-0.2, -0.15) is 0 Å². The van der Waals surface area contributed by atoms with Crippen LogP contribution in [0.15, 0.2) is 11.4 Å². The maximum atomic E-state index is 12.6. The number of carbonyl (C=O) groups is 1. The van der Waals surface area contributed by atoms with Crippen molar-refractivity contribution < 1.29 is 4.79 Å². The number of hydrogen-bond acceptors (Lipinski definition) is 3. The zero-order valence-corrected chi connectivity index (χ0v) is 14.3. The van der Waals surface area contributed by atoms with Gasteiger partial charge in [-0.3, -0.25) is 4.79 Å². The standard InChI is InChI=1S/C16H24N2OS.ClH/c1-2-14-13-8-11-20-15(13)7-10-18(14)16(19)6-5-12-4-3-9-17-12;/h8,11-12,14,17H,2-7,9-10H2,1H3;1H. The van der Waals surface area contributed by atoms with E-state index in [4.69, 9.17) is 0 Å². The van der Waals surface area contributed by atoms with Gasteiger partial charge in [0.1, 0.15) is 0 Å². The van der Waals surface area contributed by atoms with Crippen LogP contribution in [-0.2, 0) is 11.2 Å². The molecule has 0 saturated carbocycles. The van der Waals surface area contributed by atoms with Crippen LogP contribution < -0.4 is 5.32 Å². The Balaban J connectivity index is 0.00000161. The number of fused-ring (bicyclic) bond motifs is 1. The molecule has 0 radical (unpaired) electrons. The molecule has 2 aliphatic rings. The quantitative estimate of drug-likeness (QED) is 0.917. The minimum atomic E-state index is 0. The summed E-state index contributed by atoms with van der Waals surface area (Å²) in [6.07, 6.45) is 6.27. The normalized spacial score (nSPS) is 24.5. The summed E-state index contributed by atoms with van der Waals surface area (Å²) in [6, 6.07) is 3.10. The highest BCUT2D eigenvalue weighted by molar-refractivity contribution is 7.10. The lowest BCUT2D eigenvalue weighted by atomic mass is 9.97. The predicted octanol–water partition coefficient (Wildman–Crippen LogP) is 3.54. The Kier molecular flexibility index (Phi) is 6.08. The third kappa shape index (κ3) is 3.61. The molecule has 1 fully saturated rings. The topological polar surface area (TPSA) is 32.3 Å². The molecular formula is C16H25ClN2OS. The van der Waals surface area contributed by atoms with Crippen LogP contribution in [0.25, 0.3) is 0 Å². The van der Waals surface area contributed by atoms with Crippen molar-refractivity contribution in [3.05, 3.63) is 21.9 Å². The number of amides is 1. The zero-order chi connectivity index (χ0) is 13.9. The van der Waals surface area contributed by atoms with Crippen LogP contribution in [0.3, 0.4) is 0 Å². The van der Waals surface area contributed by atoms with Gasteiger partial charge < -0.3 is 10.2 Å². The molecular weight excluding hydrogens is 304 g/mol. The summed E-state index contributed by atoms with van der Waals surface area (Å²) in [4.78, 5) is 16.2. The second kappa shape index (κ2) is 7.61. The third-order valence-corrected chi connectivity index (χ3v) is 5.67. The number of thiophene rings is 1. The maximum Gasteiger partial charge on any atom is 0.223 e. The summed E-state index contributed by atoms with van der Waals surface area (Å²) in [5.41, 5.74) is 1.40. The van der Waals surface area contributed by atoms with E-state index in [1.807, 2.05) is 11.3 Å². The molecule has 2 unspecified atom stereocenters. The van der Waals surface area contributed by atoms with E-state index in [-0.39, 0.29) is 12.4 Å². The van der Waals surface area contributed by atoms with Crippen molar-refractivity contribution in [2.24, 2.45) is 0 Å². The average molecular weight is 329 g/mol. The van der Waals surface area contributed by atoms with Gasteiger partial charge in [-0.15, -0.1) is 23.7 Å². The van der Waals surface area contributed by atoms with Crippen molar-refractivity contribution in [3.63, 3.8) is 0 Å². The lowest BCUT2D eigenvalue weighted by molar-refractivity contribution is -0.134. The van der Waals surface area contributed by atoms with Gasteiger partial charge in [0.25, 0.3) is 0 Å². The number of nitrogens with zero attached hydrogens (tertiary/aromatic N) is 1. The molecule has 3 rings (SSSR count). The molecule has 1 saturated heterocycles. The number of nitrogens with one attached hydrogen (secondary N) is 1. The average Bonchev–Trinajstić information content (AvgIpc) is 3.14.